The van der Waals surface area contributed by atoms with Crippen LogP contribution in [-0.4, -0.2) is 55.2 Å². The number of halogens is 1. The summed E-state index contributed by atoms with van der Waals surface area (Å²) < 4.78 is 46.9. The molecule has 48 heavy (non-hydrogen) atoms. The zero-order chi connectivity index (χ0) is 33.8. The van der Waals surface area contributed by atoms with Crippen molar-refractivity contribution >= 4 is 50.5 Å². The molecule has 10 nitrogen and oxygen atoms in total. The molecule has 6 rings (SSSR count). The van der Waals surface area contributed by atoms with Gasteiger partial charge in [0.25, 0.3) is 15.6 Å². The van der Waals surface area contributed by atoms with Crippen LogP contribution in [0.2, 0.25) is 5.02 Å². The summed E-state index contributed by atoms with van der Waals surface area (Å²) in [5, 5.41) is 0.647. The molecule has 1 saturated heterocycles. The predicted octanol–water partition coefficient (Wildman–Crippen LogP) is 6.31. The van der Waals surface area contributed by atoms with Gasteiger partial charge in [0.05, 0.1) is 17.5 Å². The number of amides is 1. The van der Waals surface area contributed by atoms with Gasteiger partial charge >= 0.3 is 5.89 Å². The van der Waals surface area contributed by atoms with Crippen molar-refractivity contribution in [1.29, 1.82) is 0 Å². The summed E-state index contributed by atoms with van der Waals surface area (Å²) in [7, 11) is -4.06. The van der Waals surface area contributed by atoms with E-state index in [9.17, 15) is 17.8 Å². The summed E-state index contributed by atoms with van der Waals surface area (Å²) >= 11 is 6.40. The molecule has 1 aromatic heterocycles. The fourth-order valence-electron chi connectivity index (χ4n) is 6.63. The zero-order valence-electron chi connectivity index (χ0n) is 27.4. The smallest absolute Gasteiger partial charge is 0.374 e. The number of aromatic nitrogens is 1. The maximum absolute atomic E-state index is 12.2. The maximum Gasteiger partial charge on any atom is 0.374 e. The number of aryl methyl sites for hydroxylation is 2. The third-order valence-electron chi connectivity index (χ3n) is 9.12. The summed E-state index contributed by atoms with van der Waals surface area (Å²) in [4.78, 5) is 16.2. The third-order valence-corrected chi connectivity index (χ3v) is 10.2. The van der Waals surface area contributed by atoms with Crippen LogP contribution in [0, 0.1) is 6.92 Å². The number of hydrogen-bond donors (Lipinski definition) is 2. The van der Waals surface area contributed by atoms with Crippen molar-refractivity contribution in [1.82, 2.24) is 4.90 Å². The zero-order valence-corrected chi connectivity index (χ0v) is 28.9. The molecule has 2 aliphatic heterocycles. The molecule has 0 saturated carbocycles. The number of fused-ring (bicyclic) bond motifs is 2. The summed E-state index contributed by atoms with van der Waals surface area (Å²) in [5.74, 6) is 2.05. The van der Waals surface area contributed by atoms with E-state index >= 15 is 0 Å². The van der Waals surface area contributed by atoms with E-state index in [1.807, 2.05) is 59.2 Å². The van der Waals surface area contributed by atoms with E-state index in [1.165, 1.54) is 0 Å². The van der Waals surface area contributed by atoms with Gasteiger partial charge in [-0.25, -0.2) is 0 Å². The number of carbonyl (C=O) groups is 1. The van der Waals surface area contributed by atoms with Gasteiger partial charge in [-0.1, -0.05) is 23.7 Å². The molecule has 1 unspecified atom stereocenters. The Bertz CT molecular complexity index is 1880. The average Bonchev–Trinajstić information content (AvgIpc) is 3.33. The standard InChI is InChI=1S/C36H43ClN4O6S/c1-25-11-13-32-30(20-25)40(18-7-19-48(43,44)45)35(46-32)23-27-9-6-8-26(21-27)22-34-39(31-24-28(37)12-14-33(31)47-34)16-4-2-10-29-36(42)41(29)17-5-3-15-38/h11-14,20-24,29H,2-10,15-19,38H2,1H3/p+1. The maximum atomic E-state index is 12.2. The van der Waals surface area contributed by atoms with Gasteiger partial charge in [-0.3, -0.25) is 9.35 Å². The van der Waals surface area contributed by atoms with E-state index in [4.69, 9.17) is 26.5 Å². The number of allylic oxidation sites excluding steroid dienone is 4. The summed E-state index contributed by atoms with van der Waals surface area (Å²) in [6, 6.07) is 11.7. The minimum atomic E-state index is -4.06. The highest BCUT2D eigenvalue weighted by Gasteiger charge is 2.44. The van der Waals surface area contributed by atoms with Gasteiger partial charge in [-0.2, -0.15) is 13.0 Å². The number of carbonyl (C=O) groups excluding carboxylic acids is 1. The van der Waals surface area contributed by atoms with Crippen molar-refractivity contribution in [3.8, 4) is 5.75 Å². The molecule has 12 heteroatoms. The predicted molar refractivity (Wildman–Crippen MR) is 187 cm³/mol. The molecule has 2 aromatic carbocycles. The highest BCUT2D eigenvalue weighted by Crippen LogP contribution is 2.41. The van der Waals surface area contributed by atoms with E-state index in [0.29, 0.717) is 24.0 Å². The topological polar surface area (TPSA) is 130 Å². The highest BCUT2D eigenvalue weighted by atomic mass is 35.5. The first-order valence-electron chi connectivity index (χ1n) is 16.9. The molecule has 1 amide bonds. The fraction of sp³-hybridized carbons (Fsp3) is 0.444. The molecule has 3 heterocycles. The van der Waals surface area contributed by atoms with Crippen molar-refractivity contribution < 1.29 is 31.5 Å². The van der Waals surface area contributed by atoms with Crippen LogP contribution in [0.5, 0.6) is 5.75 Å². The Hall–Kier alpha value is -3.64. The van der Waals surface area contributed by atoms with E-state index in [0.717, 1.165) is 110 Å². The molecule has 0 spiro atoms. The molecular weight excluding hydrogens is 652 g/mol. The van der Waals surface area contributed by atoms with Crippen molar-refractivity contribution in [3.05, 3.63) is 82.1 Å². The Kier molecular flexibility index (Phi) is 10.6. The number of unbranched alkanes of at least 4 members (excludes halogenated alkanes) is 2. The van der Waals surface area contributed by atoms with Gasteiger partial charge in [0.1, 0.15) is 6.04 Å². The summed E-state index contributed by atoms with van der Waals surface area (Å²) in [6.45, 7) is 4.59. The lowest BCUT2D eigenvalue weighted by atomic mass is 9.94. The first-order chi connectivity index (χ1) is 23.1. The van der Waals surface area contributed by atoms with Crippen molar-refractivity contribution in [2.75, 3.05) is 30.3 Å². The third kappa shape index (κ3) is 8.31. The lowest BCUT2D eigenvalue weighted by Crippen LogP contribution is -2.35. The number of hydrogen-bond acceptors (Lipinski definition) is 7. The van der Waals surface area contributed by atoms with Crippen molar-refractivity contribution in [2.45, 2.75) is 77.3 Å². The Labute approximate surface area is 287 Å². The van der Waals surface area contributed by atoms with Crippen LogP contribution in [0.3, 0.4) is 0 Å². The molecule has 3 N–H and O–H groups in total. The minimum Gasteiger partial charge on any atom is -0.439 e. The van der Waals surface area contributed by atoms with Crippen LogP contribution < -0.4 is 19.9 Å². The molecule has 3 aromatic rings. The number of anilines is 1. The molecule has 1 fully saturated rings. The monoisotopic (exact) mass is 695 g/mol. The summed E-state index contributed by atoms with van der Waals surface area (Å²) in [5.41, 5.74) is 11.5. The first kappa shape index (κ1) is 34.2. The van der Waals surface area contributed by atoms with Gasteiger partial charge in [0, 0.05) is 36.7 Å². The van der Waals surface area contributed by atoms with E-state index in [2.05, 4.69) is 16.7 Å². The van der Waals surface area contributed by atoms with Crippen LogP contribution in [0.25, 0.3) is 17.2 Å². The molecule has 0 bridgehead atoms. The fourth-order valence-corrected chi connectivity index (χ4v) is 7.29. The number of benzene rings is 2. The largest absolute Gasteiger partial charge is 0.439 e. The molecule has 1 atom stereocenters. The Morgan fingerprint density at radius 3 is 2.73 bits per heavy atom. The number of nitrogens with zero attached hydrogens (tertiary/aromatic N) is 3. The van der Waals surface area contributed by atoms with Gasteiger partial charge in [0.15, 0.2) is 12.3 Å². The van der Waals surface area contributed by atoms with Gasteiger partial charge in [-0.05, 0) is 106 Å². The highest BCUT2D eigenvalue weighted by molar-refractivity contribution is 7.85. The van der Waals surface area contributed by atoms with E-state index in [1.54, 1.807) is 0 Å². The van der Waals surface area contributed by atoms with Crippen LogP contribution in [0.4, 0.5) is 5.69 Å². The van der Waals surface area contributed by atoms with Crippen LogP contribution in [-0.2, 0) is 21.5 Å². The van der Waals surface area contributed by atoms with Crippen molar-refractivity contribution in [3.63, 3.8) is 0 Å². The second-order valence-corrected chi connectivity index (χ2v) is 14.9. The molecule has 1 aliphatic carbocycles. The summed E-state index contributed by atoms with van der Waals surface area (Å²) in [6.07, 6.45) is 13.9. The van der Waals surface area contributed by atoms with Gasteiger partial charge in [-0.15, -0.1) is 0 Å². The second-order valence-electron chi connectivity index (χ2n) is 12.9. The van der Waals surface area contributed by atoms with Gasteiger partial charge in [0.2, 0.25) is 17.4 Å². The molecule has 3 aliphatic rings. The minimum absolute atomic E-state index is 0.0455. The number of nitrogens with two attached hydrogens (primary N) is 1. The van der Waals surface area contributed by atoms with Crippen LogP contribution in [0.1, 0.15) is 69.2 Å². The number of rotatable bonds is 15. The Balaban J connectivity index is 1.19. The first-order valence-corrected chi connectivity index (χ1v) is 18.8. The van der Waals surface area contributed by atoms with Crippen LogP contribution >= 0.6 is 11.6 Å². The van der Waals surface area contributed by atoms with E-state index in [-0.39, 0.29) is 24.1 Å². The van der Waals surface area contributed by atoms with Crippen LogP contribution in [0.15, 0.2) is 70.0 Å². The van der Waals surface area contributed by atoms with Gasteiger partial charge < -0.3 is 24.7 Å². The lowest BCUT2D eigenvalue weighted by molar-refractivity contribution is -0.678. The quantitative estimate of drug-likeness (QED) is 0.0819. The normalized spacial score (nSPS) is 19.4. The Morgan fingerprint density at radius 1 is 1.06 bits per heavy atom. The second kappa shape index (κ2) is 14.9. The molecule has 0 radical (unpaired) electrons. The SMILES string of the molecule is Cc1ccc2c(c1)N(CCCS(=O)(=O)O)C(=CC1=CC(=Cc3oc4ccc(Cl)cc4[n+]3CCCCC3C(=O)N3CCCCN)CCC1)O2. The van der Waals surface area contributed by atoms with Crippen molar-refractivity contribution in [2.24, 2.45) is 5.73 Å². The Morgan fingerprint density at radius 2 is 1.92 bits per heavy atom. The number of ether oxygens (including phenoxy) is 1. The molecular formula is C36H44ClN4O6S+. The van der Waals surface area contributed by atoms with E-state index < -0.39 is 10.1 Å². The number of oxazole rings is 1. The average molecular weight is 696 g/mol. The lowest BCUT2D eigenvalue weighted by Gasteiger charge is -2.20. The molecule has 256 valence electrons.